The monoisotopic (exact) mass is 331 g/mol. The smallest absolute Gasteiger partial charge is 0.333 e. The average molecular weight is 331 g/mol. The highest BCUT2D eigenvalue weighted by Crippen LogP contribution is 2.37. The number of ether oxygens (including phenoxy) is 2. The van der Waals surface area contributed by atoms with Crippen molar-refractivity contribution in [3.05, 3.63) is 46.7 Å². The van der Waals surface area contributed by atoms with Crippen LogP contribution in [0.5, 0.6) is 0 Å². The Labute approximate surface area is 140 Å². The van der Waals surface area contributed by atoms with Gasteiger partial charge in [0.25, 0.3) is 0 Å². The molecule has 2 aliphatic heterocycles. The second-order valence-corrected chi connectivity index (χ2v) is 6.44. The number of carbonyl (C=O) groups excluding carboxylic acids is 1. The first-order valence-corrected chi connectivity index (χ1v) is 8.00. The molecular formula is C18H21NO5. The van der Waals surface area contributed by atoms with Gasteiger partial charge in [0, 0.05) is 18.7 Å². The lowest BCUT2D eigenvalue weighted by atomic mass is 9.92. The van der Waals surface area contributed by atoms with E-state index in [4.69, 9.17) is 9.47 Å². The van der Waals surface area contributed by atoms with Gasteiger partial charge in [0.05, 0.1) is 36.4 Å². The fraction of sp³-hybridized carbons (Fsp3) is 0.444. The van der Waals surface area contributed by atoms with E-state index in [0.29, 0.717) is 29.3 Å². The Morgan fingerprint density at radius 2 is 2.21 bits per heavy atom. The fourth-order valence-electron chi connectivity index (χ4n) is 3.19. The van der Waals surface area contributed by atoms with Crippen molar-refractivity contribution in [2.45, 2.75) is 32.7 Å². The van der Waals surface area contributed by atoms with Gasteiger partial charge in [-0.15, -0.1) is 0 Å². The minimum atomic E-state index is -0.941. The molecule has 1 aliphatic carbocycles. The Balaban J connectivity index is 2.10. The Bertz CT molecular complexity index is 711. The summed E-state index contributed by atoms with van der Waals surface area (Å²) in [6, 6.07) is -0.0521. The molecule has 0 aromatic heterocycles. The maximum absolute atomic E-state index is 12.6. The quantitative estimate of drug-likeness (QED) is 0.855. The van der Waals surface area contributed by atoms with Crippen molar-refractivity contribution >= 4 is 11.8 Å². The molecular weight excluding hydrogens is 310 g/mol. The van der Waals surface area contributed by atoms with Gasteiger partial charge in [0.15, 0.2) is 5.78 Å². The zero-order valence-electron chi connectivity index (χ0n) is 14.0. The molecule has 6 nitrogen and oxygen atoms in total. The molecule has 0 radical (unpaired) electrons. The molecule has 0 bridgehead atoms. The van der Waals surface area contributed by atoms with Crippen LogP contribution in [-0.4, -0.2) is 41.5 Å². The summed E-state index contributed by atoms with van der Waals surface area (Å²) in [6.45, 7) is 4.48. The van der Waals surface area contributed by atoms with Gasteiger partial charge in [0.2, 0.25) is 0 Å². The molecule has 6 heteroatoms. The molecule has 0 spiro atoms. The van der Waals surface area contributed by atoms with Crippen molar-refractivity contribution in [3.63, 3.8) is 0 Å². The summed E-state index contributed by atoms with van der Waals surface area (Å²) in [5, 5.41) is 9.31. The normalized spacial score (nSPS) is 23.5. The van der Waals surface area contributed by atoms with E-state index in [1.54, 1.807) is 12.3 Å². The van der Waals surface area contributed by atoms with Gasteiger partial charge in [0.1, 0.15) is 18.1 Å². The lowest BCUT2D eigenvalue weighted by Gasteiger charge is -2.35. The average Bonchev–Trinajstić information content (AvgIpc) is 2.70. The van der Waals surface area contributed by atoms with Crippen LogP contribution in [-0.2, 0) is 19.1 Å². The number of carboxylic acid groups (broad SMARTS) is 1. The van der Waals surface area contributed by atoms with Crippen LogP contribution < -0.4 is 0 Å². The standard InChI is InChI=1S/C18H21NO5/c1-10(2)14-9-24-16-7-12(23-3)6-15(20)17(16)13-5-4-11(18(21)22)8-19(13)14/h5,7-8,10,14H,4,6,9H2,1-3H3,(H,21,22). The van der Waals surface area contributed by atoms with Crippen LogP contribution in [0.15, 0.2) is 46.7 Å². The Morgan fingerprint density at radius 3 is 2.83 bits per heavy atom. The van der Waals surface area contributed by atoms with Crippen LogP contribution in [0.4, 0.5) is 0 Å². The van der Waals surface area contributed by atoms with E-state index in [-0.39, 0.29) is 30.6 Å². The van der Waals surface area contributed by atoms with Crippen LogP contribution in [0, 0.1) is 5.92 Å². The van der Waals surface area contributed by atoms with Gasteiger partial charge < -0.3 is 19.5 Å². The number of allylic oxidation sites excluding steroid dienone is 4. The number of methoxy groups -OCH3 is 1. The van der Waals surface area contributed by atoms with E-state index in [9.17, 15) is 14.7 Å². The molecule has 0 fully saturated rings. The van der Waals surface area contributed by atoms with Gasteiger partial charge in [-0.3, -0.25) is 4.79 Å². The molecule has 2 heterocycles. The van der Waals surface area contributed by atoms with E-state index in [2.05, 4.69) is 13.8 Å². The molecule has 3 rings (SSSR count). The first-order valence-electron chi connectivity index (χ1n) is 8.00. The molecule has 3 aliphatic rings. The number of nitrogens with zero attached hydrogens (tertiary/aromatic N) is 1. The minimum Gasteiger partial charge on any atom is -0.500 e. The number of fused-ring (bicyclic) bond motifs is 2. The number of Topliss-reactive ketones (excluding diaryl/α,β-unsaturated/α-hetero) is 1. The third kappa shape index (κ3) is 2.72. The van der Waals surface area contributed by atoms with E-state index >= 15 is 0 Å². The molecule has 1 N–H and O–H groups in total. The molecule has 0 aromatic carbocycles. The highest BCUT2D eigenvalue weighted by atomic mass is 16.5. The third-order valence-corrected chi connectivity index (χ3v) is 4.57. The summed E-state index contributed by atoms with van der Waals surface area (Å²) in [6.07, 6.45) is 5.69. The second kappa shape index (κ2) is 6.19. The van der Waals surface area contributed by atoms with Crippen molar-refractivity contribution in [3.8, 4) is 0 Å². The number of rotatable bonds is 3. The fourth-order valence-corrected chi connectivity index (χ4v) is 3.19. The first-order chi connectivity index (χ1) is 11.4. The maximum atomic E-state index is 12.6. The zero-order chi connectivity index (χ0) is 17.4. The van der Waals surface area contributed by atoms with Gasteiger partial charge in [-0.25, -0.2) is 4.79 Å². The summed E-state index contributed by atoms with van der Waals surface area (Å²) >= 11 is 0. The number of aliphatic carboxylic acids is 1. The molecule has 1 atom stereocenters. The number of ketones is 1. The lowest BCUT2D eigenvalue weighted by molar-refractivity contribution is -0.132. The van der Waals surface area contributed by atoms with Gasteiger partial charge in [-0.2, -0.15) is 0 Å². The summed E-state index contributed by atoms with van der Waals surface area (Å²) in [4.78, 5) is 25.9. The van der Waals surface area contributed by atoms with Crippen LogP contribution in [0.2, 0.25) is 0 Å². The number of hydrogen-bond acceptors (Lipinski definition) is 5. The number of carboxylic acids is 1. The number of carbonyl (C=O) groups is 2. The minimum absolute atomic E-state index is 0.0521. The SMILES string of the molecule is COC1=CC2=C(C(=O)C1)C1=CCC(C(=O)O)=CN1C(C(C)C)CO2. The predicted molar refractivity (Wildman–Crippen MR) is 86.6 cm³/mol. The summed E-state index contributed by atoms with van der Waals surface area (Å²) in [5.41, 5.74) is 1.56. The second-order valence-electron chi connectivity index (χ2n) is 6.44. The highest BCUT2D eigenvalue weighted by molar-refractivity contribution is 6.03. The molecule has 0 saturated heterocycles. The van der Waals surface area contributed by atoms with Crippen LogP contribution in [0.1, 0.15) is 26.7 Å². The molecule has 0 saturated carbocycles. The molecule has 1 unspecified atom stereocenters. The van der Waals surface area contributed by atoms with E-state index < -0.39 is 5.97 Å². The van der Waals surface area contributed by atoms with E-state index in [1.165, 1.54) is 7.11 Å². The number of hydrogen-bond donors (Lipinski definition) is 1. The van der Waals surface area contributed by atoms with E-state index in [0.717, 1.165) is 5.70 Å². The zero-order valence-corrected chi connectivity index (χ0v) is 14.0. The predicted octanol–water partition coefficient (Wildman–Crippen LogP) is 2.36. The van der Waals surface area contributed by atoms with Crippen molar-refractivity contribution in [2.24, 2.45) is 5.92 Å². The topological polar surface area (TPSA) is 76.1 Å². The summed E-state index contributed by atoms with van der Waals surface area (Å²) in [7, 11) is 1.53. The first kappa shape index (κ1) is 16.4. The van der Waals surface area contributed by atoms with Crippen LogP contribution in [0.3, 0.4) is 0 Å². The van der Waals surface area contributed by atoms with Gasteiger partial charge in [-0.1, -0.05) is 19.9 Å². The van der Waals surface area contributed by atoms with Crippen molar-refractivity contribution in [1.29, 1.82) is 0 Å². The van der Waals surface area contributed by atoms with Crippen LogP contribution in [0.25, 0.3) is 0 Å². The van der Waals surface area contributed by atoms with Crippen molar-refractivity contribution < 1.29 is 24.2 Å². The Morgan fingerprint density at radius 1 is 1.46 bits per heavy atom. The van der Waals surface area contributed by atoms with Crippen molar-refractivity contribution in [2.75, 3.05) is 13.7 Å². The Kier molecular flexibility index (Phi) is 4.22. The third-order valence-electron chi connectivity index (χ3n) is 4.57. The molecule has 128 valence electrons. The van der Waals surface area contributed by atoms with E-state index in [1.807, 2.05) is 11.0 Å². The molecule has 0 amide bonds. The Hall–Kier alpha value is -2.50. The largest absolute Gasteiger partial charge is 0.500 e. The van der Waals surface area contributed by atoms with Gasteiger partial charge >= 0.3 is 5.97 Å². The molecule has 24 heavy (non-hydrogen) atoms. The molecule has 0 aromatic rings. The van der Waals surface area contributed by atoms with Gasteiger partial charge in [-0.05, 0) is 5.92 Å². The highest BCUT2D eigenvalue weighted by Gasteiger charge is 2.37. The maximum Gasteiger partial charge on any atom is 0.333 e. The summed E-state index contributed by atoms with van der Waals surface area (Å²) in [5.74, 6) is 0.294. The van der Waals surface area contributed by atoms with Crippen LogP contribution >= 0.6 is 0 Å². The lowest BCUT2D eigenvalue weighted by Crippen LogP contribution is -2.39. The summed E-state index contributed by atoms with van der Waals surface area (Å²) < 4.78 is 11.1. The van der Waals surface area contributed by atoms with Crippen molar-refractivity contribution in [1.82, 2.24) is 4.90 Å².